The van der Waals surface area contributed by atoms with Gasteiger partial charge >= 0.3 is 0 Å². The number of nitrogens with one attached hydrogen (secondary N) is 3. The molecule has 3 N–H and O–H groups in total. The number of hydrogen-bond donors (Lipinski definition) is 3. The van der Waals surface area contributed by atoms with Crippen LogP contribution in [0.5, 0.6) is 0 Å². The molecule has 0 bridgehead atoms. The van der Waals surface area contributed by atoms with Crippen molar-refractivity contribution in [2.45, 2.75) is 33.6 Å². The zero-order valence-electron chi connectivity index (χ0n) is 14.4. The van der Waals surface area contributed by atoms with Crippen molar-refractivity contribution in [1.29, 1.82) is 0 Å². The van der Waals surface area contributed by atoms with Crippen molar-refractivity contribution in [3.8, 4) is 0 Å². The highest BCUT2D eigenvalue weighted by molar-refractivity contribution is 7.80. The summed E-state index contributed by atoms with van der Waals surface area (Å²) in [4.78, 5) is 12.1. The average molecular weight is 341 g/mol. The van der Waals surface area contributed by atoms with E-state index in [-0.39, 0.29) is 5.91 Å². The van der Waals surface area contributed by atoms with Crippen LogP contribution < -0.4 is 16.2 Å². The molecule has 24 heavy (non-hydrogen) atoms. The predicted octanol–water partition coefficient (Wildman–Crippen LogP) is 4.06. The van der Waals surface area contributed by atoms with Crippen LogP contribution in [-0.4, -0.2) is 11.0 Å². The van der Waals surface area contributed by atoms with E-state index < -0.39 is 0 Å². The van der Waals surface area contributed by atoms with Gasteiger partial charge in [0.1, 0.15) is 0 Å². The first-order valence-corrected chi connectivity index (χ1v) is 8.32. The van der Waals surface area contributed by atoms with E-state index in [4.69, 9.17) is 12.2 Å². The third-order valence-corrected chi connectivity index (χ3v) is 4.10. The van der Waals surface area contributed by atoms with E-state index in [2.05, 4.69) is 42.1 Å². The van der Waals surface area contributed by atoms with Gasteiger partial charge in [0, 0.05) is 11.3 Å². The monoisotopic (exact) mass is 341 g/mol. The zero-order chi connectivity index (χ0) is 17.7. The molecule has 0 radical (unpaired) electrons. The van der Waals surface area contributed by atoms with Gasteiger partial charge in [-0.05, 0) is 72.9 Å². The molecule has 0 fully saturated rings. The maximum atomic E-state index is 12.1. The Labute approximate surface area is 148 Å². The lowest BCUT2D eigenvalue weighted by atomic mass is 10.0. The standard InChI is InChI=1S/C19H23N3OS/c1-12(2)15-7-9-17(10-8-15)20-19(24)22-21-18(23)16-6-5-13(3)14(4)11-16/h5-12H,1-4H3,(H,21,23)(H2,20,22,24). The maximum absolute atomic E-state index is 12.1. The molecule has 0 aliphatic rings. The van der Waals surface area contributed by atoms with Gasteiger partial charge in [-0.15, -0.1) is 0 Å². The van der Waals surface area contributed by atoms with Gasteiger partial charge in [0.15, 0.2) is 5.11 Å². The van der Waals surface area contributed by atoms with E-state index in [1.807, 2.05) is 38.1 Å². The molecule has 5 heteroatoms. The van der Waals surface area contributed by atoms with E-state index in [1.165, 1.54) is 5.56 Å². The highest BCUT2D eigenvalue weighted by Gasteiger charge is 2.07. The molecule has 126 valence electrons. The summed E-state index contributed by atoms with van der Waals surface area (Å²) < 4.78 is 0. The lowest BCUT2D eigenvalue weighted by Gasteiger charge is -2.13. The Balaban J connectivity index is 1.88. The number of carbonyl (C=O) groups excluding carboxylic acids is 1. The molecule has 0 spiro atoms. The highest BCUT2D eigenvalue weighted by atomic mass is 32.1. The number of rotatable bonds is 3. The molecule has 0 unspecified atom stereocenters. The zero-order valence-corrected chi connectivity index (χ0v) is 15.3. The number of thiocarbonyl (C=S) groups is 1. The van der Waals surface area contributed by atoms with E-state index >= 15 is 0 Å². The van der Waals surface area contributed by atoms with Crippen molar-refractivity contribution in [3.63, 3.8) is 0 Å². The second kappa shape index (κ2) is 7.93. The Kier molecular flexibility index (Phi) is 5.93. The van der Waals surface area contributed by atoms with Crippen LogP contribution in [-0.2, 0) is 0 Å². The number of carbonyl (C=O) groups is 1. The minimum absolute atomic E-state index is 0.225. The Hall–Kier alpha value is -2.40. The van der Waals surface area contributed by atoms with E-state index in [0.717, 1.165) is 16.8 Å². The molecule has 0 saturated heterocycles. The molecular formula is C19H23N3OS. The average Bonchev–Trinajstić information content (AvgIpc) is 2.55. The molecule has 0 aliphatic heterocycles. The smallest absolute Gasteiger partial charge is 0.269 e. The van der Waals surface area contributed by atoms with Gasteiger partial charge in [0.05, 0.1) is 0 Å². The second-order valence-corrected chi connectivity index (χ2v) is 6.52. The highest BCUT2D eigenvalue weighted by Crippen LogP contribution is 2.17. The molecule has 0 aliphatic carbocycles. The Morgan fingerprint density at radius 2 is 1.62 bits per heavy atom. The van der Waals surface area contributed by atoms with E-state index in [0.29, 0.717) is 16.6 Å². The number of anilines is 1. The summed E-state index contributed by atoms with van der Waals surface area (Å²) >= 11 is 5.20. The topological polar surface area (TPSA) is 53.2 Å². The van der Waals surface area contributed by atoms with Gasteiger partial charge < -0.3 is 5.32 Å². The number of aryl methyl sites for hydroxylation is 2. The summed E-state index contributed by atoms with van der Waals surface area (Å²) in [6, 6.07) is 13.6. The van der Waals surface area contributed by atoms with Gasteiger partial charge in [-0.2, -0.15) is 0 Å². The molecule has 0 heterocycles. The summed E-state index contributed by atoms with van der Waals surface area (Å²) in [7, 11) is 0. The molecule has 0 atom stereocenters. The first kappa shape index (κ1) is 17.9. The molecule has 0 saturated carbocycles. The minimum Gasteiger partial charge on any atom is -0.331 e. The third-order valence-electron chi connectivity index (χ3n) is 3.89. The first-order chi connectivity index (χ1) is 11.4. The Morgan fingerprint density at radius 3 is 2.21 bits per heavy atom. The van der Waals surface area contributed by atoms with Crippen LogP contribution in [0.25, 0.3) is 0 Å². The van der Waals surface area contributed by atoms with Crippen LogP contribution in [0.3, 0.4) is 0 Å². The molecule has 2 aromatic rings. The van der Waals surface area contributed by atoms with Crippen molar-refractivity contribution < 1.29 is 4.79 Å². The fourth-order valence-electron chi connectivity index (χ4n) is 2.18. The van der Waals surface area contributed by atoms with Crippen LogP contribution in [0.4, 0.5) is 5.69 Å². The van der Waals surface area contributed by atoms with E-state index in [9.17, 15) is 4.79 Å². The van der Waals surface area contributed by atoms with Crippen LogP contribution in [0.1, 0.15) is 46.8 Å². The normalized spacial score (nSPS) is 10.4. The lowest BCUT2D eigenvalue weighted by Crippen LogP contribution is -2.43. The molecular weight excluding hydrogens is 318 g/mol. The molecule has 2 rings (SSSR count). The van der Waals surface area contributed by atoms with Crippen molar-refractivity contribution >= 4 is 28.9 Å². The molecule has 2 aromatic carbocycles. The molecule has 4 nitrogen and oxygen atoms in total. The minimum atomic E-state index is -0.225. The van der Waals surface area contributed by atoms with Gasteiger partial charge in [-0.3, -0.25) is 15.6 Å². The first-order valence-electron chi connectivity index (χ1n) is 7.91. The van der Waals surface area contributed by atoms with Gasteiger partial charge in [0.2, 0.25) is 0 Å². The SMILES string of the molecule is Cc1ccc(C(=O)NNC(=S)Nc2ccc(C(C)C)cc2)cc1C. The summed E-state index contributed by atoms with van der Waals surface area (Å²) in [6.45, 7) is 8.29. The number of hydrogen-bond acceptors (Lipinski definition) is 2. The summed E-state index contributed by atoms with van der Waals surface area (Å²) in [5.74, 6) is 0.263. The van der Waals surface area contributed by atoms with Crippen molar-refractivity contribution in [1.82, 2.24) is 10.9 Å². The fraction of sp³-hybridized carbons (Fsp3) is 0.263. The summed E-state index contributed by atoms with van der Waals surface area (Å²) in [6.07, 6.45) is 0. The Morgan fingerprint density at radius 1 is 0.958 bits per heavy atom. The third kappa shape index (κ3) is 4.80. The van der Waals surface area contributed by atoms with E-state index in [1.54, 1.807) is 6.07 Å². The Bertz CT molecular complexity index is 739. The fourth-order valence-corrected chi connectivity index (χ4v) is 2.35. The predicted molar refractivity (Wildman–Crippen MR) is 103 cm³/mol. The maximum Gasteiger partial charge on any atom is 0.269 e. The van der Waals surface area contributed by atoms with Crippen molar-refractivity contribution in [3.05, 3.63) is 64.7 Å². The van der Waals surface area contributed by atoms with Crippen LogP contribution in [0, 0.1) is 13.8 Å². The van der Waals surface area contributed by atoms with Gasteiger partial charge in [-0.1, -0.05) is 32.0 Å². The number of benzene rings is 2. The van der Waals surface area contributed by atoms with Gasteiger partial charge in [0.25, 0.3) is 5.91 Å². The van der Waals surface area contributed by atoms with Crippen LogP contribution >= 0.6 is 12.2 Å². The molecule has 0 aromatic heterocycles. The van der Waals surface area contributed by atoms with Crippen LogP contribution in [0.2, 0.25) is 0 Å². The summed E-state index contributed by atoms with van der Waals surface area (Å²) in [5.41, 5.74) is 10.3. The van der Waals surface area contributed by atoms with Crippen molar-refractivity contribution in [2.24, 2.45) is 0 Å². The number of amides is 1. The second-order valence-electron chi connectivity index (χ2n) is 6.11. The van der Waals surface area contributed by atoms with Crippen LogP contribution in [0.15, 0.2) is 42.5 Å². The van der Waals surface area contributed by atoms with Crippen molar-refractivity contribution in [2.75, 3.05) is 5.32 Å². The molecule has 1 amide bonds. The summed E-state index contributed by atoms with van der Waals surface area (Å²) in [5, 5.41) is 3.38. The number of hydrazine groups is 1. The lowest BCUT2D eigenvalue weighted by molar-refractivity contribution is 0.0944. The van der Waals surface area contributed by atoms with Gasteiger partial charge in [-0.25, -0.2) is 0 Å². The largest absolute Gasteiger partial charge is 0.331 e. The quantitative estimate of drug-likeness (QED) is 0.582.